The van der Waals surface area contributed by atoms with Gasteiger partial charge in [-0.25, -0.2) is 0 Å². The van der Waals surface area contributed by atoms with E-state index in [1.165, 1.54) is 6.92 Å². The van der Waals surface area contributed by atoms with Crippen molar-refractivity contribution in [2.75, 3.05) is 5.75 Å². The molecule has 0 radical (unpaired) electrons. The second-order valence-corrected chi connectivity index (χ2v) is 6.72. The van der Waals surface area contributed by atoms with Crippen molar-refractivity contribution < 1.29 is 14.7 Å². The molecule has 2 atom stereocenters. The minimum atomic E-state index is -0.863. The van der Waals surface area contributed by atoms with Crippen LogP contribution in [0, 0.1) is 5.92 Å². The lowest BCUT2D eigenvalue weighted by atomic mass is 9.88. The van der Waals surface area contributed by atoms with Crippen molar-refractivity contribution in [2.24, 2.45) is 5.92 Å². The van der Waals surface area contributed by atoms with Crippen molar-refractivity contribution in [3.05, 3.63) is 60.2 Å². The van der Waals surface area contributed by atoms with Crippen LogP contribution in [-0.2, 0) is 9.59 Å². The van der Waals surface area contributed by atoms with Crippen LogP contribution in [0.15, 0.2) is 54.6 Å². The van der Waals surface area contributed by atoms with E-state index in [1.807, 2.05) is 61.5 Å². The fourth-order valence-corrected chi connectivity index (χ4v) is 3.32. The first kappa shape index (κ1) is 17.3. The molecule has 3 nitrogen and oxygen atoms in total. The van der Waals surface area contributed by atoms with Gasteiger partial charge in [0.2, 0.25) is 0 Å². The molecule has 0 amide bonds. The average molecular weight is 328 g/mol. The number of thioether (sulfide) groups is 1. The molecule has 0 saturated heterocycles. The summed E-state index contributed by atoms with van der Waals surface area (Å²) in [4.78, 5) is 22.6. The number of rotatable bonds is 6. The van der Waals surface area contributed by atoms with Gasteiger partial charge < -0.3 is 5.11 Å². The third-order valence-corrected chi connectivity index (χ3v) is 4.86. The van der Waals surface area contributed by atoms with E-state index in [4.69, 9.17) is 0 Å². The highest BCUT2D eigenvalue weighted by molar-refractivity contribution is 8.13. The van der Waals surface area contributed by atoms with Gasteiger partial charge in [-0.3, -0.25) is 9.59 Å². The summed E-state index contributed by atoms with van der Waals surface area (Å²) in [6.45, 7) is 3.36. The summed E-state index contributed by atoms with van der Waals surface area (Å²) in [7, 11) is 0. The molecule has 2 aromatic rings. The van der Waals surface area contributed by atoms with Gasteiger partial charge in [0.15, 0.2) is 5.12 Å². The minimum Gasteiger partial charge on any atom is -0.481 e. The molecule has 0 spiro atoms. The number of carbonyl (C=O) groups is 2. The molecule has 4 heteroatoms. The molecule has 0 saturated carbocycles. The Morgan fingerprint density at radius 2 is 1.57 bits per heavy atom. The molecule has 0 unspecified atom stereocenters. The van der Waals surface area contributed by atoms with Gasteiger partial charge in [0.05, 0.1) is 5.92 Å². The second kappa shape index (κ2) is 7.97. The van der Waals surface area contributed by atoms with Gasteiger partial charge in [-0.1, -0.05) is 73.3 Å². The van der Waals surface area contributed by atoms with Crippen LogP contribution in [-0.4, -0.2) is 21.9 Å². The summed E-state index contributed by atoms with van der Waals surface area (Å²) < 4.78 is 0. The first-order valence-corrected chi connectivity index (χ1v) is 8.49. The average Bonchev–Trinajstić information content (AvgIpc) is 2.55. The van der Waals surface area contributed by atoms with Crippen LogP contribution >= 0.6 is 11.8 Å². The van der Waals surface area contributed by atoms with Gasteiger partial charge in [-0.2, -0.15) is 0 Å². The number of carboxylic acid groups (broad SMARTS) is 1. The molecular weight excluding hydrogens is 308 g/mol. The number of carboxylic acids is 1. The van der Waals surface area contributed by atoms with Crippen LogP contribution in [0.1, 0.15) is 25.3 Å². The van der Waals surface area contributed by atoms with E-state index in [1.54, 1.807) is 0 Å². The van der Waals surface area contributed by atoms with Gasteiger partial charge in [0.1, 0.15) is 0 Å². The molecule has 2 aromatic carbocycles. The van der Waals surface area contributed by atoms with Crippen molar-refractivity contribution >= 4 is 22.8 Å². The molecule has 0 fully saturated rings. The minimum absolute atomic E-state index is 0.0529. The first-order valence-electron chi connectivity index (χ1n) is 7.50. The van der Waals surface area contributed by atoms with Crippen molar-refractivity contribution in [2.45, 2.75) is 19.8 Å². The molecule has 0 aliphatic rings. The van der Waals surface area contributed by atoms with Gasteiger partial charge in [-0.05, 0) is 22.6 Å². The molecule has 0 aromatic heterocycles. The standard InChI is InChI=1S/C19H20O3S/c1-13(18(19(21)22)12-23-14(2)20)15-8-10-17(11-9-15)16-6-4-3-5-7-16/h3-11,13,18H,12H2,1-2H3,(H,21,22)/t13-,18-/m0/s1. The number of carbonyl (C=O) groups excluding carboxylic acids is 1. The van der Waals surface area contributed by atoms with Crippen molar-refractivity contribution in [1.82, 2.24) is 0 Å². The maximum Gasteiger partial charge on any atom is 0.307 e. The molecule has 120 valence electrons. The molecule has 0 aliphatic heterocycles. The first-order chi connectivity index (χ1) is 11.0. The predicted molar refractivity (Wildman–Crippen MR) is 94.6 cm³/mol. The van der Waals surface area contributed by atoms with E-state index >= 15 is 0 Å². The highest BCUT2D eigenvalue weighted by Gasteiger charge is 2.26. The Balaban J connectivity index is 2.16. The highest BCUT2D eigenvalue weighted by atomic mass is 32.2. The van der Waals surface area contributed by atoms with Crippen LogP contribution in [0.2, 0.25) is 0 Å². The topological polar surface area (TPSA) is 54.4 Å². The maximum atomic E-state index is 11.5. The van der Waals surface area contributed by atoms with Gasteiger partial charge in [-0.15, -0.1) is 0 Å². The zero-order chi connectivity index (χ0) is 16.8. The Labute approximate surface area is 140 Å². The molecule has 0 heterocycles. The predicted octanol–water partition coefficient (Wildman–Crippen LogP) is 4.44. The largest absolute Gasteiger partial charge is 0.481 e. The van der Waals surface area contributed by atoms with E-state index in [0.717, 1.165) is 28.5 Å². The monoisotopic (exact) mass is 328 g/mol. The molecular formula is C19H20O3S. The molecule has 23 heavy (non-hydrogen) atoms. The number of hydrogen-bond donors (Lipinski definition) is 1. The van der Waals surface area contributed by atoms with E-state index < -0.39 is 11.9 Å². The number of aliphatic carboxylic acids is 1. The van der Waals surface area contributed by atoms with Gasteiger partial charge in [0, 0.05) is 12.7 Å². The Hall–Kier alpha value is -2.07. The van der Waals surface area contributed by atoms with Gasteiger partial charge >= 0.3 is 5.97 Å². The van der Waals surface area contributed by atoms with Crippen LogP contribution in [0.25, 0.3) is 11.1 Å². The number of hydrogen-bond acceptors (Lipinski definition) is 3. The third kappa shape index (κ3) is 4.70. The molecule has 1 N–H and O–H groups in total. The Bertz CT molecular complexity index is 665. The third-order valence-electron chi connectivity index (χ3n) is 3.93. The summed E-state index contributed by atoms with van der Waals surface area (Å²) in [6.07, 6.45) is 0. The fraction of sp³-hybridized carbons (Fsp3) is 0.263. The highest BCUT2D eigenvalue weighted by Crippen LogP contribution is 2.29. The lowest BCUT2D eigenvalue weighted by Crippen LogP contribution is -2.23. The van der Waals surface area contributed by atoms with Crippen LogP contribution in [0.5, 0.6) is 0 Å². The maximum absolute atomic E-state index is 11.5. The zero-order valence-corrected chi connectivity index (χ0v) is 14.0. The summed E-state index contributed by atoms with van der Waals surface area (Å²) in [5.74, 6) is -1.29. The van der Waals surface area contributed by atoms with Crippen LogP contribution < -0.4 is 0 Å². The number of benzene rings is 2. The Kier molecular flexibility index (Phi) is 5.99. The van der Waals surface area contributed by atoms with E-state index in [0.29, 0.717) is 5.75 Å². The quantitative estimate of drug-likeness (QED) is 0.852. The van der Waals surface area contributed by atoms with E-state index in [-0.39, 0.29) is 11.0 Å². The normalized spacial score (nSPS) is 13.3. The Morgan fingerprint density at radius 3 is 2.09 bits per heavy atom. The molecule has 2 rings (SSSR count). The van der Waals surface area contributed by atoms with E-state index in [9.17, 15) is 14.7 Å². The summed E-state index contributed by atoms with van der Waals surface area (Å²) in [6, 6.07) is 18.0. The summed E-state index contributed by atoms with van der Waals surface area (Å²) in [5.41, 5.74) is 3.21. The molecule has 0 aliphatic carbocycles. The van der Waals surface area contributed by atoms with Crippen molar-refractivity contribution in [3.63, 3.8) is 0 Å². The van der Waals surface area contributed by atoms with Crippen molar-refractivity contribution in [3.8, 4) is 11.1 Å². The van der Waals surface area contributed by atoms with Gasteiger partial charge in [0.25, 0.3) is 0 Å². The smallest absolute Gasteiger partial charge is 0.307 e. The Morgan fingerprint density at radius 1 is 1.00 bits per heavy atom. The summed E-state index contributed by atoms with van der Waals surface area (Å²) in [5, 5.41) is 9.37. The second-order valence-electron chi connectivity index (χ2n) is 5.52. The lowest BCUT2D eigenvalue weighted by Gasteiger charge is -2.20. The zero-order valence-electron chi connectivity index (χ0n) is 13.2. The van der Waals surface area contributed by atoms with Crippen LogP contribution in [0.3, 0.4) is 0 Å². The van der Waals surface area contributed by atoms with E-state index in [2.05, 4.69) is 0 Å². The lowest BCUT2D eigenvalue weighted by molar-refractivity contribution is -0.141. The SMILES string of the molecule is CC(=O)SC[C@H](C(=O)O)[C@@H](C)c1ccc(-c2ccccc2)cc1. The summed E-state index contributed by atoms with van der Waals surface area (Å²) >= 11 is 1.07. The fourth-order valence-electron chi connectivity index (χ4n) is 2.48. The van der Waals surface area contributed by atoms with Crippen molar-refractivity contribution in [1.29, 1.82) is 0 Å². The van der Waals surface area contributed by atoms with Crippen LogP contribution in [0.4, 0.5) is 0 Å². The molecule has 0 bridgehead atoms.